The van der Waals surface area contributed by atoms with Crippen molar-refractivity contribution in [3.05, 3.63) is 0 Å². The van der Waals surface area contributed by atoms with E-state index in [4.69, 9.17) is 29.2 Å². The molecule has 0 atom stereocenters. The molecule has 0 heterocycles. The van der Waals surface area contributed by atoms with Gasteiger partial charge in [-0.2, -0.15) is 0 Å². The molecule has 0 aromatic heterocycles. The molecule has 19 heavy (non-hydrogen) atoms. The van der Waals surface area contributed by atoms with Crippen molar-refractivity contribution in [1.82, 2.24) is 0 Å². The second-order valence-electron chi connectivity index (χ2n) is 3.27. The fraction of sp³-hybridized carbons (Fsp3) is 1.00. The summed E-state index contributed by atoms with van der Waals surface area (Å²) in [6, 6.07) is 0. The van der Waals surface area contributed by atoms with Crippen LogP contribution in [0.2, 0.25) is 0 Å². The Kier molecular flexibility index (Phi) is 25.3. The largest absolute Gasteiger partial charge is 0.394 e. The van der Waals surface area contributed by atoms with Crippen LogP contribution in [0.25, 0.3) is 0 Å². The molecule has 0 saturated heterocycles. The molecule has 0 aliphatic rings. The van der Waals surface area contributed by atoms with Crippen molar-refractivity contribution in [2.24, 2.45) is 0 Å². The van der Waals surface area contributed by atoms with Gasteiger partial charge in [0, 0.05) is 14.2 Å². The Morgan fingerprint density at radius 2 is 0.842 bits per heavy atom. The summed E-state index contributed by atoms with van der Waals surface area (Å²) in [6.45, 7) is 4.41. The van der Waals surface area contributed by atoms with E-state index in [2.05, 4.69) is 4.74 Å². The second-order valence-corrected chi connectivity index (χ2v) is 3.27. The first-order valence-corrected chi connectivity index (χ1v) is 6.26. The first-order valence-electron chi connectivity index (χ1n) is 6.26. The van der Waals surface area contributed by atoms with E-state index in [1.807, 2.05) is 0 Å². The van der Waals surface area contributed by atoms with E-state index in [9.17, 15) is 0 Å². The fourth-order valence-electron chi connectivity index (χ4n) is 0.838. The van der Waals surface area contributed by atoms with E-state index in [1.54, 1.807) is 14.2 Å². The molecule has 0 aromatic rings. The summed E-state index contributed by atoms with van der Waals surface area (Å²) in [7, 11) is 3.24. The highest BCUT2D eigenvalue weighted by Gasteiger charge is 1.87. The Morgan fingerprint density at radius 1 is 0.526 bits per heavy atom. The highest BCUT2D eigenvalue weighted by molar-refractivity contribution is 4.31. The fourth-order valence-corrected chi connectivity index (χ4v) is 0.838. The Morgan fingerprint density at radius 3 is 1.16 bits per heavy atom. The minimum absolute atomic E-state index is 0.0675. The highest BCUT2D eigenvalue weighted by Crippen LogP contribution is 1.78. The molecule has 0 unspecified atom stereocenters. The van der Waals surface area contributed by atoms with Crippen LogP contribution in [0.1, 0.15) is 0 Å². The normalized spacial score (nSPS) is 10.1. The minimum atomic E-state index is 0.0675. The van der Waals surface area contributed by atoms with Crippen LogP contribution in [0.4, 0.5) is 0 Å². The number of rotatable bonds is 13. The molecule has 0 aliphatic carbocycles. The Hall–Kier alpha value is -0.280. The molecule has 2 N–H and O–H groups in total. The summed E-state index contributed by atoms with van der Waals surface area (Å²) in [5.41, 5.74) is 0. The smallest absolute Gasteiger partial charge is 0.0701 e. The van der Waals surface area contributed by atoms with Crippen LogP contribution in [-0.2, 0) is 23.7 Å². The number of methoxy groups -OCH3 is 2. The van der Waals surface area contributed by atoms with Crippen molar-refractivity contribution < 1.29 is 33.9 Å². The van der Waals surface area contributed by atoms with Gasteiger partial charge in [0.2, 0.25) is 0 Å². The van der Waals surface area contributed by atoms with Gasteiger partial charge in [0.05, 0.1) is 66.1 Å². The van der Waals surface area contributed by atoms with E-state index >= 15 is 0 Å². The lowest BCUT2D eigenvalue weighted by atomic mass is 10.7. The molecule has 0 saturated carbocycles. The van der Waals surface area contributed by atoms with Crippen molar-refractivity contribution in [2.45, 2.75) is 0 Å². The van der Waals surface area contributed by atoms with Crippen molar-refractivity contribution in [3.8, 4) is 0 Å². The zero-order valence-electron chi connectivity index (χ0n) is 12.0. The van der Waals surface area contributed by atoms with Gasteiger partial charge in [-0.1, -0.05) is 0 Å². The van der Waals surface area contributed by atoms with Gasteiger partial charge in [-0.05, 0) is 0 Å². The molecule has 0 spiro atoms. The van der Waals surface area contributed by atoms with Crippen molar-refractivity contribution in [2.75, 3.05) is 80.3 Å². The summed E-state index contributed by atoms with van der Waals surface area (Å²) in [5, 5.41) is 16.5. The summed E-state index contributed by atoms with van der Waals surface area (Å²) < 4.78 is 24.3. The van der Waals surface area contributed by atoms with Gasteiger partial charge < -0.3 is 33.9 Å². The van der Waals surface area contributed by atoms with Crippen molar-refractivity contribution >= 4 is 0 Å². The molecule has 0 rings (SSSR count). The SMILES string of the molecule is COCCOCCO.COCCOCCOCCO. The van der Waals surface area contributed by atoms with Crippen molar-refractivity contribution in [1.29, 1.82) is 0 Å². The summed E-state index contributed by atoms with van der Waals surface area (Å²) in [6.07, 6.45) is 0. The maximum absolute atomic E-state index is 8.32. The van der Waals surface area contributed by atoms with Crippen LogP contribution < -0.4 is 0 Å². The lowest BCUT2D eigenvalue weighted by molar-refractivity contribution is 0.0159. The van der Waals surface area contributed by atoms with E-state index in [1.165, 1.54) is 0 Å². The summed E-state index contributed by atoms with van der Waals surface area (Å²) in [5.74, 6) is 0. The molecular formula is C12H28O7. The van der Waals surface area contributed by atoms with Crippen LogP contribution in [0, 0.1) is 0 Å². The van der Waals surface area contributed by atoms with E-state index in [0.29, 0.717) is 52.9 Å². The maximum atomic E-state index is 8.32. The summed E-state index contributed by atoms with van der Waals surface area (Å²) in [4.78, 5) is 0. The van der Waals surface area contributed by atoms with Gasteiger partial charge >= 0.3 is 0 Å². The van der Waals surface area contributed by atoms with E-state index < -0.39 is 0 Å². The molecule has 0 aromatic carbocycles. The second kappa shape index (κ2) is 22.9. The average Bonchev–Trinajstić information content (AvgIpc) is 2.44. The van der Waals surface area contributed by atoms with Crippen molar-refractivity contribution in [3.63, 3.8) is 0 Å². The zero-order valence-corrected chi connectivity index (χ0v) is 12.0. The quantitative estimate of drug-likeness (QED) is 0.432. The van der Waals surface area contributed by atoms with Crippen LogP contribution in [0.5, 0.6) is 0 Å². The average molecular weight is 284 g/mol. The Bertz CT molecular complexity index is 121. The third kappa shape index (κ3) is 27.1. The predicted molar refractivity (Wildman–Crippen MR) is 70.4 cm³/mol. The van der Waals surface area contributed by atoms with Gasteiger partial charge in [-0.3, -0.25) is 0 Å². The first kappa shape index (κ1) is 21.0. The van der Waals surface area contributed by atoms with Gasteiger partial charge in [-0.15, -0.1) is 0 Å². The number of aliphatic hydroxyl groups excluding tert-OH is 2. The molecule has 0 fully saturated rings. The predicted octanol–water partition coefficient (Wildman–Crippen LogP) is -0.700. The monoisotopic (exact) mass is 284 g/mol. The van der Waals surface area contributed by atoms with Crippen LogP contribution in [0.3, 0.4) is 0 Å². The molecule has 0 aliphatic heterocycles. The molecule has 7 nitrogen and oxygen atoms in total. The first-order chi connectivity index (χ1) is 9.33. The molecule has 0 radical (unpaired) electrons. The van der Waals surface area contributed by atoms with Gasteiger partial charge in [0.1, 0.15) is 0 Å². The number of hydrogen-bond acceptors (Lipinski definition) is 7. The number of hydrogen-bond donors (Lipinski definition) is 2. The molecule has 0 bridgehead atoms. The molecule has 7 heteroatoms. The van der Waals surface area contributed by atoms with Gasteiger partial charge in [0.15, 0.2) is 0 Å². The number of aliphatic hydroxyl groups is 2. The molecule has 118 valence electrons. The van der Waals surface area contributed by atoms with E-state index in [0.717, 1.165) is 0 Å². The molecule has 0 amide bonds. The topological polar surface area (TPSA) is 86.6 Å². The third-order valence-electron chi connectivity index (χ3n) is 1.71. The lowest BCUT2D eigenvalue weighted by Crippen LogP contribution is -2.09. The maximum Gasteiger partial charge on any atom is 0.0701 e. The zero-order chi connectivity index (χ0) is 14.6. The molecular weight excluding hydrogens is 256 g/mol. The van der Waals surface area contributed by atoms with Crippen LogP contribution in [0.15, 0.2) is 0 Å². The minimum Gasteiger partial charge on any atom is -0.394 e. The lowest BCUT2D eigenvalue weighted by Gasteiger charge is -2.03. The van der Waals surface area contributed by atoms with Crippen LogP contribution >= 0.6 is 0 Å². The van der Waals surface area contributed by atoms with E-state index in [-0.39, 0.29) is 13.2 Å². The number of ether oxygens (including phenoxy) is 5. The van der Waals surface area contributed by atoms with Gasteiger partial charge in [-0.25, -0.2) is 0 Å². The summed E-state index contributed by atoms with van der Waals surface area (Å²) >= 11 is 0. The standard InChI is InChI=1S/C7H16O4.C5H12O3/c1-9-4-5-11-7-6-10-3-2-8;1-7-4-5-8-3-2-6/h8H,2-7H2,1H3;6H,2-5H2,1H3. The van der Waals surface area contributed by atoms with Gasteiger partial charge in [0.25, 0.3) is 0 Å². The Labute approximate surface area is 115 Å². The third-order valence-corrected chi connectivity index (χ3v) is 1.71. The van der Waals surface area contributed by atoms with Crippen LogP contribution in [-0.4, -0.2) is 90.5 Å². The highest BCUT2D eigenvalue weighted by atomic mass is 16.5. The Balaban J connectivity index is 0.